The Balaban J connectivity index is 2.08. The molecule has 1 unspecified atom stereocenters. The molecule has 150 valence electrons. The van der Waals surface area contributed by atoms with Gasteiger partial charge in [-0.1, -0.05) is 11.6 Å². The van der Waals surface area contributed by atoms with Gasteiger partial charge >= 0.3 is 0 Å². The van der Waals surface area contributed by atoms with Gasteiger partial charge in [-0.15, -0.1) is 0 Å². The highest BCUT2D eigenvalue weighted by molar-refractivity contribution is 6.31. The summed E-state index contributed by atoms with van der Waals surface area (Å²) >= 11 is 6.00. The molecule has 0 aliphatic rings. The van der Waals surface area contributed by atoms with Crippen molar-refractivity contribution < 1.29 is 24.0 Å². The second-order valence-electron chi connectivity index (χ2n) is 6.52. The Bertz CT molecular complexity index is 854. The summed E-state index contributed by atoms with van der Waals surface area (Å²) in [7, 11) is 3.44. The van der Waals surface area contributed by atoms with Crippen LogP contribution >= 0.6 is 11.6 Å². The van der Waals surface area contributed by atoms with Gasteiger partial charge in [0.2, 0.25) is 0 Å². The number of rotatable bonds is 9. The zero-order chi connectivity index (χ0) is 20.7. The monoisotopic (exact) mass is 405 g/mol. The minimum absolute atomic E-state index is 0.00672. The van der Waals surface area contributed by atoms with Crippen LogP contribution in [0, 0.1) is 0 Å². The number of hydrogen-bond acceptors (Lipinski definition) is 4. The third-order valence-corrected chi connectivity index (χ3v) is 4.39. The first-order valence-corrected chi connectivity index (χ1v) is 9.43. The Morgan fingerprint density at radius 1 is 1.14 bits per heavy atom. The Hall–Kier alpha value is -2.57. The fourth-order valence-electron chi connectivity index (χ4n) is 2.87. The second kappa shape index (κ2) is 10.1. The van der Waals surface area contributed by atoms with E-state index in [2.05, 4.69) is 5.32 Å². The van der Waals surface area contributed by atoms with E-state index in [-0.39, 0.29) is 18.2 Å². The number of hydrogen-bond donors (Lipinski definition) is 2. The molecule has 2 aromatic carbocycles. The van der Waals surface area contributed by atoms with E-state index in [1.165, 1.54) is 14.0 Å². The molecule has 2 aromatic rings. The molecule has 2 rings (SSSR count). The predicted octanol–water partition coefficient (Wildman–Crippen LogP) is 2.60. The lowest BCUT2D eigenvalue weighted by molar-refractivity contribution is -0.885. The highest BCUT2D eigenvalue weighted by Gasteiger charge is 2.16. The number of ether oxygens (including phenoxy) is 2. The summed E-state index contributed by atoms with van der Waals surface area (Å²) < 4.78 is 10.9. The van der Waals surface area contributed by atoms with Gasteiger partial charge < -0.3 is 19.7 Å². The second-order valence-corrected chi connectivity index (χ2v) is 6.95. The third kappa shape index (κ3) is 5.97. The molecule has 0 aliphatic heterocycles. The van der Waals surface area contributed by atoms with E-state index < -0.39 is 0 Å². The van der Waals surface area contributed by atoms with E-state index in [1.54, 1.807) is 30.3 Å². The van der Waals surface area contributed by atoms with Gasteiger partial charge in [-0.3, -0.25) is 9.59 Å². The fraction of sp³-hybridized carbons (Fsp3) is 0.333. The molecular weight excluding hydrogens is 380 g/mol. The molecule has 7 heteroatoms. The maximum Gasteiger partial charge on any atom is 0.279 e. The smallest absolute Gasteiger partial charge is 0.279 e. The fourth-order valence-corrected chi connectivity index (χ4v) is 3.04. The van der Waals surface area contributed by atoms with Crippen molar-refractivity contribution in [2.75, 3.05) is 32.6 Å². The quantitative estimate of drug-likeness (QED) is 0.629. The molecule has 1 amide bonds. The molecule has 0 bridgehead atoms. The summed E-state index contributed by atoms with van der Waals surface area (Å²) in [4.78, 5) is 25.1. The zero-order valence-electron chi connectivity index (χ0n) is 16.6. The summed E-state index contributed by atoms with van der Waals surface area (Å²) in [5.41, 5.74) is 2.04. The van der Waals surface area contributed by atoms with Crippen LogP contribution in [0.25, 0.3) is 0 Å². The van der Waals surface area contributed by atoms with E-state index in [0.717, 1.165) is 16.2 Å². The van der Waals surface area contributed by atoms with Crippen molar-refractivity contribution in [2.24, 2.45) is 0 Å². The third-order valence-electron chi connectivity index (χ3n) is 4.16. The van der Waals surface area contributed by atoms with Crippen molar-refractivity contribution >= 4 is 29.0 Å². The molecule has 0 aromatic heterocycles. The maximum atomic E-state index is 12.5. The highest BCUT2D eigenvalue weighted by atomic mass is 35.5. The van der Waals surface area contributed by atoms with Crippen LogP contribution in [-0.2, 0) is 11.3 Å². The average Bonchev–Trinajstić information content (AvgIpc) is 2.63. The van der Waals surface area contributed by atoms with E-state index in [0.29, 0.717) is 35.2 Å². The van der Waals surface area contributed by atoms with Crippen LogP contribution in [0.4, 0.5) is 5.69 Å². The van der Waals surface area contributed by atoms with Gasteiger partial charge in [0, 0.05) is 16.1 Å². The normalized spacial score (nSPS) is 11.6. The molecule has 0 fully saturated rings. The first-order chi connectivity index (χ1) is 13.3. The van der Waals surface area contributed by atoms with Crippen LogP contribution in [0.2, 0.25) is 5.02 Å². The number of likely N-dealkylation sites (N-methyl/N-ethyl adjacent to an activating group) is 1. The van der Waals surface area contributed by atoms with E-state index in [4.69, 9.17) is 21.1 Å². The highest BCUT2D eigenvalue weighted by Crippen LogP contribution is 2.27. The lowest BCUT2D eigenvalue weighted by Gasteiger charge is -2.17. The van der Waals surface area contributed by atoms with Crippen LogP contribution in [-0.4, -0.2) is 39.0 Å². The summed E-state index contributed by atoms with van der Waals surface area (Å²) in [6.45, 7) is 4.73. The number of amides is 1. The number of quaternary nitrogens is 1. The van der Waals surface area contributed by atoms with Crippen LogP contribution in [0.3, 0.4) is 0 Å². The number of carbonyl (C=O) groups is 2. The molecule has 28 heavy (non-hydrogen) atoms. The van der Waals surface area contributed by atoms with Crippen molar-refractivity contribution in [2.45, 2.75) is 20.4 Å². The molecule has 6 nitrogen and oxygen atoms in total. The topological polar surface area (TPSA) is 69.1 Å². The van der Waals surface area contributed by atoms with Gasteiger partial charge in [0.25, 0.3) is 5.91 Å². The molecule has 0 saturated carbocycles. The maximum absolute atomic E-state index is 12.5. The van der Waals surface area contributed by atoms with Crippen molar-refractivity contribution in [3.05, 3.63) is 52.5 Å². The average molecular weight is 406 g/mol. The number of ketones is 1. The minimum Gasteiger partial charge on any atom is -0.495 e. The number of carbonyl (C=O) groups excluding carboxylic acids is 2. The van der Waals surface area contributed by atoms with Crippen LogP contribution in [0.1, 0.15) is 29.8 Å². The number of Topliss-reactive ketones (excluding diaryl/α,β-unsaturated/α-hetero) is 1. The van der Waals surface area contributed by atoms with Crippen molar-refractivity contribution in [3.63, 3.8) is 0 Å². The van der Waals surface area contributed by atoms with Crippen molar-refractivity contribution in [1.29, 1.82) is 0 Å². The van der Waals surface area contributed by atoms with Gasteiger partial charge in [-0.25, -0.2) is 0 Å². The summed E-state index contributed by atoms with van der Waals surface area (Å²) in [5, 5.41) is 3.35. The van der Waals surface area contributed by atoms with Gasteiger partial charge in [0.15, 0.2) is 12.3 Å². The van der Waals surface area contributed by atoms with Gasteiger partial charge in [-0.2, -0.15) is 0 Å². The zero-order valence-corrected chi connectivity index (χ0v) is 17.4. The molecule has 2 N–H and O–H groups in total. The minimum atomic E-state index is -0.168. The number of benzene rings is 2. The molecule has 0 heterocycles. The van der Waals surface area contributed by atoms with Gasteiger partial charge in [-0.05, 0) is 50.2 Å². The Labute approximate surface area is 170 Å². The molecular formula is C21H26ClN2O4+. The summed E-state index contributed by atoms with van der Waals surface area (Å²) in [6, 6.07) is 10.4. The molecule has 0 aliphatic carbocycles. The largest absolute Gasteiger partial charge is 0.495 e. The van der Waals surface area contributed by atoms with Gasteiger partial charge in [0.05, 0.1) is 26.5 Å². The molecule has 0 saturated heterocycles. The van der Waals surface area contributed by atoms with Crippen molar-refractivity contribution in [1.82, 2.24) is 0 Å². The van der Waals surface area contributed by atoms with E-state index >= 15 is 0 Å². The molecule has 0 radical (unpaired) electrons. The van der Waals surface area contributed by atoms with E-state index in [9.17, 15) is 9.59 Å². The molecule has 0 spiro atoms. The van der Waals surface area contributed by atoms with Crippen molar-refractivity contribution in [3.8, 4) is 11.5 Å². The lowest BCUT2D eigenvalue weighted by Crippen LogP contribution is -3.08. The lowest BCUT2D eigenvalue weighted by atomic mass is 10.1. The van der Waals surface area contributed by atoms with E-state index in [1.807, 2.05) is 20.0 Å². The number of methoxy groups -OCH3 is 1. The Morgan fingerprint density at radius 2 is 1.86 bits per heavy atom. The first-order valence-electron chi connectivity index (χ1n) is 9.05. The summed E-state index contributed by atoms with van der Waals surface area (Å²) in [6.07, 6.45) is 0. The number of halogens is 1. The Morgan fingerprint density at radius 3 is 2.50 bits per heavy atom. The Kier molecular flexibility index (Phi) is 7.84. The first kappa shape index (κ1) is 21.7. The van der Waals surface area contributed by atoms with Crippen LogP contribution in [0.5, 0.6) is 11.5 Å². The number of nitrogens with one attached hydrogen (secondary N) is 2. The van der Waals surface area contributed by atoms with Crippen LogP contribution < -0.4 is 19.7 Å². The number of anilines is 1. The SMILES string of the molecule is CCOc1ccc(C(C)=O)cc1C[NH+](C)CC(=O)Nc1cc(Cl)ccc1OC. The molecule has 1 atom stereocenters. The summed E-state index contributed by atoms with van der Waals surface area (Å²) in [5.74, 6) is 1.10. The van der Waals surface area contributed by atoms with Gasteiger partial charge in [0.1, 0.15) is 18.0 Å². The van der Waals surface area contributed by atoms with Crippen LogP contribution in [0.15, 0.2) is 36.4 Å². The predicted molar refractivity (Wildman–Crippen MR) is 110 cm³/mol. The standard InChI is InChI=1S/C21H25ClN2O4/c1-5-28-19-8-6-15(14(2)25)10-16(19)12-24(3)13-21(26)23-18-11-17(22)7-9-20(18)27-4/h6-11H,5,12-13H2,1-4H3,(H,23,26)/p+1.